The van der Waals surface area contributed by atoms with Gasteiger partial charge in [-0.15, -0.1) is 0 Å². The van der Waals surface area contributed by atoms with Crippen molar-refractivity contribution in [3.8, 4) is 0 Å². The fourth-order valence-electron chi connectivity index (χ4n) is 3.51. The molecule has 68 valence electrons. The van der Waals surface area contributed by atoms with Crippen LogP contribution in [0.15, 0.2) is 11.1 Å². The number of hydrogen-bond acceptors (Lipinski definition) is 0. The van der Waals surface area contributed by atoms with E-state index in [1.54, 1.807) is 5.57 Å². The summed E-state index contributed by atoms with van der Waals surface area (Å²) in [6, 6.07) is 0. The highest BCUT2D eigenvalue weighted by atomic mass is 14.5. The minimum atomic E-state index is 0.952. The summed E-state index contributed by atoms with van der Waals surface area (Å²) in [6.07, 6.45) is 2.94. The van der Waals surface area contributed by atoms with Gasteiger partial charge in [-0.1, -0.05) is 25.0 Å². The van der Waals surface area contributed by atoms with Crippen molar-refractivity contribution in [3.05, 3.63) is 11.1 Å². The van der Waals surface area contributed by atoms with Gasteiger partial charge in [-0.2, -0.15) is 0 Å². The Hall–Kier alpha value is -0.260. The molecule has 4 atom stereocenters. The standard InChI is InChI=1S/C12H20/c1-7(2)12-10-5-6-11(12)9(4)8(10)3/h8-11H,5-6H2,1-4H3. The summed E-state index contributed by atoms with van der Waals surface area (Å²) < 4.78 is 0. The smallest absolute Gasteiger partial charge is 0.0169 e. The molecule has 0 nitrogen and oxygen atoms in total. The first-order chi connectivity index (χ1) is 5.63. The SMILES string of the molecule is CC(C)=C1C2CCC1C(C)C2C. The van der Waals surface area contributed by atoms with Crippen molar-refractivity contribution in [2.24, 2.45) is 23.7 Å². The Kier molecular flexibility index (Phi) is 1.82. The molecule has 0 spiro atoms. The minimum absolute atomic E-state index is 0.952. The summed E-state index contributed by atoms with van der Waals surface area (Å²) in [6.45, 7) is 9.48. The summed E-state index contributed by atoms with van der Waals surface area (Å²) >= 11 is 0. The van der Waals surface area contributed by atoms with Crippen LogP contribution in [0.3, 0.4) is 0 Å². The largest absolute Gasteiger partial charge is 0.0767 e. The molecule has 2 aliphatic rings. The van der Waals surface area contributed by atoms with Crippen LogP contribution in [0.2, 0.25) is 0 Å². The first kappa shape index (κ1) is 8.34. The van der Waals surface area contributed by atoms with E-state index in [-0.39, 0.29) is 0 Å². The van der Waals surface area contributed by atoms with E-state index in [4.69, 9.17) is 0 Å². The van der Waals surface area contributed by atoms with E-state index in [0.29, 0.717) is 0 Å². The molecule has 0 aliphatic heterocycles. The van der Waals surface area contributed by atoms with Crippen LogP contribution >= 0.6 is 0 Å². The summed E-state index contributed by atoms with van der Waals surface area (Å²) in [7, 11) is 0. The van der Waals surface area contributed by atoms with Crippen LogP contribution in [0.5, 0.6) is 0 Å². The zero-order valence-corrected chi connectivity index (χ0v) is 8.72. The first-order valence-corrected chi connectivity index (χ1v) is 5.30. The third-order valence-corrected chi connectivity index (χ3v) is 4.26. The Morgan fingerprint density at radius 3 is 1.67 bits per heavy atom. The van der Waals surface area contributed by atoms with Gasteiger partial charge in [0.2, 0.25) is 0 Å². The minimum Gasteiger partial charge on any atom is -0.0767 e. The molecule has 2 fully saturated rings. The average Bonchev–Trinajstić information content (AvgIpc) is 2.51. The van der Waals surface area contributed by atoms with Crippen molar-refractivity contribution in [3.63, 3.8) is 0 Å². The molecule has 0 amide bonds. The van der Waals surface area contributed by atoms with E-state index in [2.05, 4.69) is 27.7 Å². The molecule has 2 bridgehead atoms. The van der Waals surface area contributed by atoms with Crippen molar-refractivity contribution < 1.29 is 0 Å². The molecule has 0 saturated heterocycles. The van der Waals surface area contributed by atoms with E-state index >= 15 is 0 Å². The second kappa shape index (κ2) is 2.61. The zero-order valence-electron chi connectivity index (χ0n) is 8.72. The van der Waals surface area contributed by atoms with Crippen LogP contribution in [0.1, 0.15) is 40.5 Å². The molecule has 4 unspecified atom stereocenters. The third kappa shape index (κ3) is 0.901. The van der Waals surface area contributed by atoms with E-state index in [0.717, 1.165) is 23.7 Å². The molecule has 0 heteroatoms. The lowest BCUT2D eigenvalue weighted by atomic mass is 9.82. The molecule has 0 heterocycles. The quantitative estimate of drug-likeness (QED) is 0.479. The van der Waals surface area contributed by atoms with Crippen molar-refractivity contribution in [2.75, 3.05) is 0 Å². The van der Waals surface area contributed by atoms with Gasteiger partial charge in [0.05, 0.1) is 0 Å². The molecule has 0 radical (unpaired) electrons. The summed E-state index contributed by atoms with van der Waals surface area (Å²) in [5.74, 6) is 3.81. The van der Waals surface area contributed by atoms with Gasteiger partial charge in [0.1, 0.15) is 0 Å². The molecule has 0 aromatic rings. The molecule has 2 aliphatic carbocycles. The van der Waals surface area contributed by atoms with Gasteiger partial charge in [0, 0.05) is 0 Å². The van der Waals surface area contributed by atoms with E-state index < -0.39 is 0 Å². The lowest BCUT2D eigenvalue weighted by Gasteiger charge is -2.23. The Morgan fingerprint density at radius 1 is 1.00 bits per heavy atom. The number of allylic oxidation sites excluding steroid dienone is 2. The fraction of sp³-hybridized carbons (Fsp3) is 0.833. The molecule has 2 rings (SSSR count). The molecular formula is C12H20. The molecule has 2 saturated carbocycles. The number of rotatable bonds is 0. The van der Waals surface area contributed by atoms with Crippen molar-refractivity contribution >= 4 is 0 Å². The summed E-state index contributed by atoms with van der Waals surface area (Å²) in [5, 5.41) is 0. The van der Waals surface area contributed by atoms with Gasteiger partial charge in [0.15, 0.2) is 0 Å². The second-order valence-corrected chi connectivity index (χ2v) is 4.96. The average molecular weight is 164 g/mol. The third-order valence-electron chi connectivity index (χ3n) is 4.26. The van der Waals surface area contributed by atoms with Crippen LogP contribution in [0.4, 0.5) is 0 Å². The Bertz CT molecular complexity index is 202. The van der Waals surface area contributed by atoms with Gasteiger partial charge < -0.3 is 0 Å². The highest BCUT2D eigenvalue weighted by molar-refractivity contribution is 5.27. The summed E-state index contributed by atoms with van der Waals surface area (Å²) in [4.78, 5) is 0. The van der Waals surface area contributed by atoms with Crippen molar-refractivity contribution in [2.45, 2.75) is 40.5 Å². The lowest BCUT2D eigenvalue weighted by Crippen LogP contribution is -2.15. The Morgan fingerprint density at radius 2 is 1.42 bits per heavy atom. The maximum atomic E-state index is 2.44. The van der Waals surface area contributed by atoms with Crippen LogP contribution in [-0.2, 0) is 0 Å². The maximum absolute atomic E-state index is 2.44. The highest BCUT2D eigenvalue weighted by Crippen LogP contribution is 2.56. The molecule has 0 aromatic heterocycles. The van der Waals surface area contributed by atoms with Gasteiger partial charge in [-0.3, -0.25) is 0 Å². The van der Waals surface area contributed by atoms with Gasteiger partial charge in [-0.05, 0) is 50.4 Å². The zero-order chi connectivity index (χ0) is 8.88. The molecular weight excluding hydrogens is 144 g/mol. The predicted octanol–water partition coefficient (Wildman–Crippen LogP) is 3.63. The molecule has 0 aromatic carbocycles. The van der Waals surface area contributed by atoms with Crippen LogP contribution in [0.25, 0.3) is 0 Å². The second-order valence-electron chi connectivity index (χ2n) is 4.96. The van der Waals surface area contributed by atoms with Gasteiger partial charge in [-0.25, -0.2) is 0 Å². The van der Waals surface area contributed by atoms with Crippen LogP contribution in [-0.4, -0.2) is 0 Å². The van der Waals surface area contributed by atoms with E-state index in [9.17, 15) is 0 Å². The van der Waals surface area contributed by atoms with Gasteiger partial charge >= 0.3 is 0 Å². The number of fused-ring (bicyclic) bond motifs is 2. The molecule has 0 N–H and O–H groups in total. The Balaban J connectivity index is 2.37. The highest BCUT2D eigenvalue weighted by Gasteiger charge is 2.46. The Labute approximate surface area is 76.1 Å². The lowest BCUT2D eigenvalue weighted by molar-refractivity contribution is 0.259. The fourth-order valence-corrected chi connectivity index (χ4v) is 3.51. The normalized spacial score (nSPS) is 45.5. The monoisotopic (exact) mass is 164 g/mol. The van der Waals surface area contributed by atoms with Crippen LogP contribution in [0, 0.1) is 23.7 Å². The van der Waals surface area contributed by atoms with Crippen molar-refractivity contribution in [1.82, 2.24) is 0 Å². The maximum Gasteiger partial charge on any atom is -0.0169 e. The topological polar surface area (TPSA) is 0 Å². The van der Waals surface area contributed by atoms with Crippen molar-refractivity contribution in [1.29, 1.82) is 0 Å². The van der Waals surface area contributed by atoms with E-state index in [1.807, 2.05) is 5.57 Å². The number of hydrogen-bond donors (Lipinski definition) is 0. The van der Waals surface area contributed by atoms with Gasteiger partial charge in [0.25, 0.3) is 0 Å². The first-order valence-electron chi connectivity index (χ1n) is 5.30. The molecule has 12 heavy (non-hydrogen) atoms. The summed E-state index contributed by atoms with van der Waals surface area (Å²) in [5.41, 5.74) is 3.44. The van der Waals surface area contributed by atoms with Crippen LogP contribution < -0.4 is 0 Å². The van der Waals surface area contributed by atoms with E-state index in [1.165, 1.54) is 12.8 Å². The predicted molar refractivity (Wildman–Crippen MR) is 52.9 cm³/mol.